The summed E-state index contributed by atoms with van der Waals surface area (Å²) in [7, 11) is 0. The molecular formula is C17H26N2O. The van der Waals surface area contributed by atoms with E-state index in [2.05, 4.69) is 43.9 Å². The smallest absolute Gasteiger partial charge is 0.0726 e. The Morgan fingerprint density at radius 2 is 1.95 bits per heavy atom. The number of para-hydroxylation sites is 1. The van der Waals surface area contributed by atoms with Crippen LogP contribution in [0.1, 0.15) is 39.2 Å². The molecule has 1 aliphatic rings. The van der Waals surface area contributed by atoms with Crippen molar-refractivity contribution in [3.63, 3.8) is 0 Å². The summed E-state index contributed by atoms with van der Waals surface area (Å²) < 4.78 is 5.84. The van der Waals surface area contributed by atoms with Crippen molar-refractivity contribution in [3.8, 4) is 0 Å². The molecule has 110 valence electrons. The van der Waals surface area contributed by atoms with Gasteiger partial charge in [-0.1, -0.05) is 37.6 Å². The number of nitrogen functional groups attached to an aromatic ring is 1. The third-order valence-corrected chi connectivity index (χ3v) is 3.62. The highest BCUT2D eigenvalue weighted by molar-refractivity contribution is 5.74. The number of rotatable bonds is 4. The minimum atomic E-state index is 0.258. The zero-order valence-corrected chi connectivity index (χ0v) is 12.8. The summed E-state index contributed by atoms with van der Waals surface area (Å²) in [6.45, 7) is 8.32. The molecule has 1 aromatic rings. The quantitative estimate of drug-likeness (QED) is 0.854. The van der Waals surface area contributed by atoms with Gasteiger partial charge in [-0.3, -0.25) is 0 Å². The van der Waals surface area contributed by atoms with Crippen LogP contribution in [0.5, 0.6) is 0 Å². The molecule has 0 spiro atoms. The largest absolute Gasteiger partial charge is 0.398 e. The van der Waals surface area contributed by atoms with Gasteiger partial charge in [0.15, 0.2) is 0 Å². The number of allylic oxidation sites excluding steroid dienone is 1. The molecular weight excluding hydrogens is 248 g/mol. The fourth-order valence-electron chi connectivity index (χ4n) is 2.80. The summed E-state index contributed by atoms with van der Waals surface area (Å²) in [5, 5.41) is 0. The predicted octanol–water partition coefficient (Wildman–Crippen LogP) is 3.52. The molecule has 3 heteroatoms. The number of anilines is 1. The maximum atomic E-state index is 6.17. The lowest BCUT2D eigenvalue weighted by Gasteiger charge is -2.38. The number of hydrogen-bond donors (Lipinski definition) is 1. The average Bonchev–Trinajstić information content (AvgIpc) is 2.40. The maximum Gasteiger partial charge on any atom is 0.0726 e. The first-order chi connectivity index (χ1) is 9.61. The third kappa shape index (κ3) is 3.54. The highest BCUT2D eigenvalue weighted by Crippen LogP contribution is 2.28. The van der Waals surface area contributed by atoms with Crippen LogP contribution < -0.4 is 5.73 Å². The Kier molecular flexibility index (Phi) is 5.07. The summed E-state index contributed by atoms with van der Waals surface area (Å²) >= 11 is 0. The van der Waals surface area contributed by atoms with Crippen molar-refractivity contribution < 1.29 is 4.74 Å². The van der Waals surface area contributed by atoms with Gasteiger partial charge < -0.3 is 15.4 Å². The Hall–Kier alpha value is -1.48. The predicted molar refractivity (Wildman–Crippen MR) is 85.3 cm³/mol. The Balaban J connectivity index is 2.31. The second-order valence-corrected chi connectivity index (χ2v) is 5.63. The van der Waals surface area contributed by atoms with Crippen LogP contribution in [-0.2, 0) is 4.74 Å². The standard InChI is InChI=1S/C17H26N2O/c1-4-5-10-17(15-8-6-7-9-16(15)18)19-11-13(2)20-14(3)12-19/h6-10,13-14H,4-5,11-12,18H2,1-3H3/b17-10+/t13-,14?/m1/s1. The zero-order valence-electron chi connectivity index (χ0n) is 12.8. The van der Waals surface area contributed by atoms with Crippen LogP contribution in [0, 0.1) is 0 Å². The molecule has 1 aromatic carbocycles. The van der Waals surface area contributed by atoms with Crippen molar-refractivity contribution in [2.24, 2.45) is 0 Å². The third-order valence-electron chi connectivity index (χ3n) is 3.62. The number of nitrogens with zero attached hydrogens (tertiary/aromatic N) is 1. The van der Waals surface area contributed by atoms with Gasteiger partial charge in [0.2, 0.25) is 0 Å². The molecule has 1 fully saturated rings. The zero-order chi connectivity index (χ0) is 14.5. The van der Waals surface area contributed by atoms with Crippen LogP contribution >= 0.6 is 0 Å². The SMILES string of the molecule is CCC/C=C(\c1ccccc1N)N1CC(C)O[C@H](C)C1. The minimum Gasteiger partial charge on any atom is -0.398 e. The fraction of sp³-hybridized carbons (Fsp3) is 0.529. The van der Waals surface area contributed by atoms with Crippen LogP contribution in [0.4, 0.5) is 5.69 Å². The summed E-state index contributed by atoms with van der Waals surface area (Å²) in [6, 6.07) is 8.13. The molecule has 0 aliphatic carbocycles. The second-order valence-electron chi connectivity index (χ2n) is 5.63. The summed E-state index contributed by atoms with van der Waals surface area (Å²) in [6.07, 6.45) is 5.05. The molecule has 0 saturated carbocycles. The molecule has 0 radical (unpaired) electrons. The van der Waals surface area contributed by atoms with E-state index in [1.165, 1.54) is 5.70 Å². The first kappa shape index (κ1) is 14.9. The normalized spacial score (nSPS) is 23.9. The molecule has 1 heterocycles. The molecule has 20 heavy (non-hydrogen) atoms. The van der Waals surface area contributed by atoms with Crippen LogP contribution in [0.25, 0.3) is 5.70 Å². The van der Waals surface area contributed by atoms with E-state index in [4.69, 9.17) is 10.5 Å². The first-order valence-corrected chi connectivity index (χ1v) is 7.57. The summed E-state index contributed by atoms with van der Waals surface area (Å²) in [5.41, 5.74) is 9.42. The van der Waals surface area contributed by atoms with Gasteiger partial charge in [0.1, 0.15) is 0 Å². The molecule has 3 nitrogen and oxygen atoms in total. The topological polar surface area (TPSA) is 38.5 Å². The summed E-state index contributed by atoms with van der Waals surface area (Å²) in [4.78, 5) is 2.42. The molecule has 2 N–H and O–H groups in total. The van der Waals surface area contributed by atoms with Gasteiger partial charge in [0, 0.05) is 30.0 Å². The lowest BCUT2D eigenvalue weighted by molar-refractivity contribution is -0.0509. The number of unbranched alkanes of at least 4 members (excludes halogenated alkanes) is 1. The van der Waals surface area contributed by atoms with Gasteiger partial charge >= 0.3 is 0 Å². The van der Waals surface area contributed by atoms with E-state index in [-0.39, 0.29) is 12.2 Å². The Morgan fingerprint density at radius 3 is 2.55 bits per heavy atom. The number of morpholine rings is 1. The van der Waals surface area contributed by atoms with Crippen LogP contribution in [0.3, 0.4) is 0 Å². The average molecular weight is 274 g/mol. The van der Waals surface area contributed by atoms with Crippen LogP contribution in [0.15, 0.2) is 30.3 Å². The number of benzene rings is 1. The van der Waals surface area contributed by atoms with Gasteiger partial charge in [0.25, 0.3) is 0 Å². The van der Waals surface area contributed by atoms with E-state index in [9.17, 15) is 0 Å². The van der Waals surface area contributed by atoms with Gasteiger partial charge in [-0.2, -0.15) is 0 Å². The number of nitrogens with two attached hydrogens (primary N) is 1. The highest BCUT2D eigenvalue weighted by Gasteiger charge is 2.24. The molecule has 2 atom stereocenters. The van der Waals surface area contributed by atoms with Gasteiger partial charge in [-0.25, -0.2) is 0 Å². The Morgan fingerprint density at radius 1 is 1.30 bits per heavy atom. The summed E-state index contributed by atoms with van der Waals surface area (Å²) in [5.74, 6) is 0. The van der Waals surface area contributed by atoms with Crippen molar-refractivity contribution in [1.29, 1.82) is 0 Å². The van der Waals surface area contributed by atoms with Crippen LogP contribution in [-0.4, -0.2) is 30.2 Å². The molecule has 0 aromatic heterocycles. The van der Waals surface area contributed by atoms with E-state index in [1.54, 1.807) is 0 Å². The Labute approximate surface area is 122 Å². The fourth-order valence-corrected chi connectivity index (χ4v) is 2.80. The van der Waals surface area contributed by atoms with Gasteiger partial charge in [-0.05, 0) is 26.3 Å². The number of ether oxygens (including phenoxy) is 1. The van der Waals surface area contributed by atoms with E-state index in [1.807, 2.05) is 12.1 Å². The van der Waals surface area contributed by atoms with E-state index >= 15 is 0 Å². The van der Waals surface area contributed by atoms with Crippen molar-refractivity contribution in [2.75, 3.05) is 18.8 Å². The van der Waals surface area contributed by atoms with Crippen LogP contribution in [0.2, 0.25) is 0 Å². The second kappa shape index (κ2) is 6.80. The van der Waals surface area contributed by atoms with Crippen molar-refractivity contribution in [2.45, 2.75) is 45.8 Å². The van der Waals surface area contributed by atoms with Gasteiger partial charge in [0.05, 0.1) is 12.2 Å². The lowest BCUT2D eigenvalue weighted by Crippen LogP contribution is -2.44. The monoisotopic (exact) mass is 274 g/mol. The van der Waals surface area contributed by atoms with Crippen molar-refractivity contribution in [3.05, 3.63) is 35.9 Å². The maximum absolute atomic E-state index is 6.17. The highest BCUT2D eigenvalue weighted by atomic mass is 16.5. The molecule has 1 saturated heterocycles. The molecule has 0 bridgehead atoms. The van der Waals surface area contributed by atoms with Crippen molar-refractivity contribution in [1.82, 2.24) is 4.90 Å². The molecule has 0 amide bonds. The molecule has 1 aliphatic heterocycles. The Bertz CT molecular complexity index is 460. The van der Waals surface area contributed by atoms with Gasteiger partial charge in [-0.15, -0.1) is 0 Å². The first-order valence-electron chi connectivity index (χ1n) is 7.57. The molecule has 2 rings (SSSR count). The minimum absolute atomic E-state index is 0.258. The van der Waals surface area contributed by atoms with E-state index in [0.717, 1.165) is 37.2 Å². The van der Waals surface area contributed by atoms with E-state index in [0.29, 0.717) is 0 Å². The number of hydrogen-bond acceptors (Lipinski definition) is 3. The lowest BCUT2D eigenvalue weighted by atomic mass is 10.0. The molecule has 1 unspecified atom stereocenters. The van der Waals surface area contributed by atoms with E-state index < -0.39 is 0 Å². The van der Waals surface area contributed by atoms with Crippen molar-refractivity contribution >= 4 is 11.4 Å².